The van der Waals surface area contributed by atoms with Crippen molar-refractivity contribution in [2.75, 3.05) is 19.8 Å². The molecule has 6 heteroatoms. The number of hydrogen-bond acceptors (Lipinski definition) is 5. The van der Waals surface area contributed by atoms with E-state index in [2.05, 4.69) is 0 Å². The van der Waals surface area contributed by atoms with E-state index >= 15 is 0 Å². The van der Waals surface area contributed by atoms with Crippen LogP contribution in [0.5, 0.6) is 0 Å². The van der Waals surface area contributed by atoms with E-state index in [1.807, 2.05) is 0 Å². The lowest BCUT2D eigenvalue weighted by Gasteiger charge is -2.08. The standard InChI is InChI=1S/C7H18N2O.C2H4O3/c8-5-1-3-7(9)4-2-6-10;3-1-2(4)5/h7,10H,1-6,8-9H2;3H,1H2,(H,4,5). The minimum absolute atomic E-state index is 0.232. The molecule has 15 heavy (non-hydrogen) atoms. The highest BCUT2D eigenvalue weighted by molar-refractivity contribution is 5.67. The zero-order valence-electron chi connectivity index (χ0n) is 8.93. The van der Waals surface area contributed by atoms with Crippen LogP contribution in [0.3, 0.4) is 0 Å². The summed E-state index contributed by atoms with van der Waals surface area (Å²) in [4.78, 5) is 9.12. The fourth-order valence-corrected chi connectivity index (χ4v) is 0.878. The number of hydrogen-bond donors (Lipinski definition) is 5. The van der Waals surface area contributed by atoms with Gasteiger partial charge in [-0.05, 0) is 32.2 Å². The van der Waals surface area contributed by atoms with Crippen molar-refractivity contribution in [3.8, 4) is 0 Å². The van der Waals surface area contributed by atoms with Gasteiger partial charge in [-0.25, -0.2) is 4.79 Å². The molecule has 0 fully saturated rings. The molecule has 0 saturated carbocycles. The Labute approximate surface area is 89.9 Å². The first-order valence-corrected chi connectivity index (χ1v) is 4.97. The average Bonchev–Trinajstić information content (AvgIpc) is 2.24. The van der Waals surface area contributed by atoms with Crippen LogP contribution in [0.1, 0.15) is 25.7 Å². The average molecular weight is 222 g/mol. The van der Waals surface area contributed by atoms with Crippen molar-refractivity contribution in [1.82, 2.24) is 0 Å². The Bertz CT molecular complexity index is 136. The third-order valence-electron chi connectivity index (χ3n) is 1.65. The van der Waals surface area contributed by atoms with Gasteiger partial charge in [-0.3, -0.25) is 0 Å². The van der Waals surface area contributed by atoms with Crippen LogP contribution >= 0.6 is 0 Å². The summed E-state index contributed by atoms with van der Waals surface area (Å²) < 4.78 is 0. The normalized spacial score (nSPS) is 11.5. The second-order valence-corrected chi connectivity index (χ2v) is 3.11. The number of aliphatic hydroxyl groups is 2. The maximum Gasteiger partial charge on any atom is 0.329 e. The topological polar surface area (TPSA) is 130 Å². The number of carboxylic acid groups (broad SMARTS) is 1. The van der Waals surface area contributed by atoms with Gasteiger partial charge in [-0.15, -0.1) is 0 Å². The van der Waals surface area contributed by atoms with E-state index in [1.165, 1.54) is 0 Å². The highest BCUT2D eigenvalue weighted by Crippen LogP contribution is 2.00. The molecule has 92 valence electrons. The molecule has 0 aliphatic rings. The van der Waals surface area contributed by atoms with E-state index in [-0.39, 0.29) is 12.6 Å². The van der Waals surface area contributed by atoms with Crippen LogP contribution in [0.15, 0.2) is 0 Å². The van der Waals surface area contributed by atoms with Crippen molar-refractivity contribution in [3.63, 3.8) is 0 Å². The third-order valence-corrected chi connectivity index (χ3v) is 1.65. The zero-order chi connectivity index (χ0) is 12.1. The zero-order valence-corrected chi connectivity index (χ0v) is 8.93. The second kappa shape index (κ2) is 13.3. The molecule has 0 aromatic rings. The number of carboxylic acids is 1. The van der Waals surface area contributed by atoms with Gasteiger partial charge in [0.2, 0.25) is 0 Å². The number of rotatable bonds is 7. The SMILES string of the molecule is NCCCC(N)CCCO.O=C(O)CO. The van der Waals surface area contributed by atoms with Crippen LogP contribution in [0.4, 0.5) is 0 Å². The summed E-state index contributed by atoms with van der Waals surface area (Å²) >= 11 is 0. The monoisotopic (exact) mass is 222 g/mol. The number of aliphatic hydroxyl groups excluding tert-OH is 2. The summed E-state index contributed by atoms with van der Waals surface area (Å²) in [5.41, 5.74) is 11.0. The molecule has 0 amide bonds. The van der Waals surface area contributed by atoms with Gasteiger partial charge < -0.3 is 26.8 Å². The van der Waals surface area contributed by atoms with Crippen LogP contribution in [-0.2, 0) is 4.79 Å². The van der Waals surface area contributed by atoms with Crippen molar-refractivity contribution >= 4 is 5.97 Å². The molecule has 0 rings (SSSR count). The lowest BCUT2D eigenvalue weighted by molar-refractivity contribution is -0.140. The van der Waals surface area contributed by atoms with Crippen molar-refractivity contribution in [3.05, 3.63) is 0 Å². The molecule has 0 saturated heterocycles. The fourth-order valence-electron chi connectivity index (χ4n) is 0.878. The largest absolute Gasteiger partial charge is 0.480 e. The highest BCUT2D eigenvalue weighted by atomic mass is 16.4. The summed E-state index contributed by atoms with van der Waals surface area (Å²) in [5, 5.41) is 23.5. The maximum absolute atomic E-state index is 9.12. The molecule has 0 aromatic heterocycles. The Hall–Kier alpha value is -0.690. The Balaban J connectivity index is 0. The third kappa shape index (κ3) is 19.6. The Morgan fingerprint density at radius 2 is 1.67 bits per heavy atom. The maximum atomic E-state index is 9.12. The lowest BCUT2D eigenvalue weighted by Crippen LogP contribution is -2.21. The number of nitrogens with two attached hydrogens (primary N) is 2. The number of aliphatic carboxylic acids is 1. The van der Waals surface area contributed by atoms with E-state index in [9.17, 15) is 0 Å². The summed E-state index contributed by atoms with van der Waals surface area (Å²) in [6.45, 7) is 0.184. The van der Waals surface area contributed by atoms with E-state index in [1.54, 1.807) is 0 Å². The van der Waals surface area contributed by atoms with Gasteiger partial charge in [0.15, 0.2) is 0 Å². The summed E-state index contributed by atoms with van der Waals surface area (Å²) in [5.74, 6) is -1.19. The van der Waals surface area contributed by atoms with Crippen LogP contribution in [0, 0.1) is 0 Å². The molecule has 0 heterocycles. The molecule has 0 aromatic carbocycles. The van der Waals surface area contributed by atoms with E-state index < -0.39 is 12.6 Å². The van der Waals surface area contributed by atoms with Gasteiger partial charge in [-0.1, -0.05) is 0 Å². The van der Waals surface area contributed by atoms with Crippen molar-refractivity contribution in [1.29, 1.82) is 0 Å². The molecule has 7 N–H and O–H groups in total. The summed E-state index contributed by atoms with van der Waals surface area (Å²) in [6.07, 6.45) is 3.70. The Kier molecular flexibility index (Phi) is 14.8. The van der Waals surface area contributed by atoms with Crippen LogP contribution < -0.4 is 11.5 Å². The quantitative estimate of drug-likeness (QED) is 0.371. The van der Waals surface area contributed by atoms with Gasteiger partial charge >= 0.3 is 5.97 Å². The van der Waals surface area contributed by atoms with Crippen LogP contribution in [-0.4, -0.2) is 47.1 Å². The molecule has 1 atom stereocenters. The van der Waals surface area contributed by atoms with Crippen molar-refractivity contribution < 1.29 is 20.1 Å². The summed E-state index contributed by atoms with van der Waals surface area (Å²) in [7, 11) is 0. The molecular formula is C9H22N2O4. The van der Waals surface area contributed by atoms with Gasteiger partial charge in [0.1, 0.15) is 6.61 Å². The van der Waals surface area contributed by atoms with Gasteiger partial charge in [0.25, 0.3) is 0 Å². The van der Waals surface area contributed by atoms with Gasteiger partial charge in [0.05, 0.1) is 0 Å². The molecule has 1 unspecified atom stereocenters. The minimum atomic E-state index is -1.19. The lowest BCUT2D eigenvalue weighted by atomic mass is 10.1. The molecule has 0 bridgehead atoms. The summed E-state index contributed by atoms with van der Waals surface area (Å²) in [6, 6.07) is 0.232. The smallest absolute Gasteiger partial charge is 0.329 e. The first-order chi connectivity index (χ1) is 7.08. The molecule has 0 radical (unpaired) electrons. The molecule has 0 aliphatic heterocycles. The van der Waals surface area contributed by atoms with E-state index in [0.717, 1.165) is 25.7 Å². The van der Waals surface area contributed by atoms with Crippen molar-refractivity contribution in [2.45, 2.75) is 31.7 Å². The van der Waals surface area contributed by atoms with Crippen LogP contribution in [0.25, 0.3) is 0 Å². The Morgan fingerprint density at radius 1 is 1.20 bits per heavy atom. The highest BCUT2D eigenvalue weighted by Gasteiger charge is 1.99. The number of carbonyl (C=O) groups is 1. The van der Waals surface area contributed by atoms with Crippen LogP contribution in [0.2, 0.25) is 0 Å². The Morgan fingerprint density at radius 3 is 2.00 bits per heavy atom. The van der Waals surface area contributed by atoms with Crippen molar-refractivity contribution in [2.24, 2.45) is 11.5 Å². The predicted molar refractivity (Wildman–Crippen MR) is 57.3 cm³/mol. The first kappa shape index (κ1) is 16.7. The molecule has 0 spiro atoms. The fraction of sp³-hybridized carbons (Fsp3) is 0.889. The van der Waals surface area contributed by atoms with E-state index in [0.29, 0.717) is 6.54 Å². The van der Waals surface area contributed by atoms with Gasteiger partial charge in [-0.2, -0.15) is 0 Å². The predicted octanol–water partition coefficient (Wildman–Crippen LogP) is -1.11. The minimum Gasteiger partial charge on any atom is -0.480 e. The molecule has 6 nitrogen and oxygen atoms in total. The molecule has 0 aliphatic carbocycles. The van der Waals surface area contributed by atoms with E-state index in [4.69, 9.17) is 31.6 Å². The molecular weight excluding hydrogens is 200 g/mol. The first-order valence-electron chi connectivity index (χ1n) is 4.97. The van der Waals surface area contributed by atoms with Gasteiger partial charge in [0, 0.05) is 12.6 Å². The second-order valence-electron chi connectivity index (χ2n) is 3.11.